The number of carbonyl (C=O) groups is 2. The number of nitrogens with one attached hydrogen (secondary N) is 1. The highest BCUT2D eigenvalue weighted by Crippen LogP contribution is 2.22. The summed E-state index contributed by atoms with van der Waals surface area (Å²) >= 11 is 1.57. The number of rotatable bonds is 7. The van der Waals surface area contributed by atoms with Gasteiger partial charge in [-0.2, -0.15) is 0 Å². The van der Waals surface area contributed by atoms with Crippen LogP contribution in [-0.4, -0.2) is 27.1 Å². The molecule has 1 atom stereocenters. The first-order valence-corrected chi connectivity index (χ1v) is 10.3. The van der Waals surface area contributed by atoms with Crippen LogP contribution in [0.3, 0.4) is 0 Å². The first kappa shape index (κ1) is 21.4. The molecule has 0 aliphatic rings. The molecular formula is C23H22N2O4S. The molecule has 6 nitrogen and oxygen atoms in total. The fraction of sp³-hybridized carbons (Fsp3) is 0.174. The normalized spacial score (nSPS) is 12.3. The Morgan fingerprint density at radius 1 is 1.10 bits per heavy atom. The van der Waals surface area contributed by atoms with Crippen molar-refractivity contribution in [3.8, 4) is 0 Å². The molecule has 30 heavy (non-hydrogen) atoms. The number of hydrogen-bond acceptors (Lipinski definition) is 5. The molecule has 0 radical (unpaired) electrons. The molecule has 0 spiro atoms. The van der Waals surface area contributed by atoms with Gasteiger partial charge in [-0.05, 0) is 35.8 Å². The third-order valence-electron chi connectivity index (χ3n) is 4.44. The zero-order chi connectivity index (χ0) is 21.7. The van der Waals surface area contributed by atoms with Crippen LogP contribution in [0, 0.1) is 0 Å². The highest BCUT2D eigenvalue weighted by atomic mass is 32.1. The zero-order valence-corrected chi connectivity index (χ0v) is 17.4. The third kappa shape index (κ3) is 5.20. The van der Waals surface area contributed by atoms with Gasteiger partial charge in [0.05, 0.1) is 11.3 Å². The highest BCUT2D eigenvalue weighted by Gasteiger charge is 2.23. The molecule has 0 aliphatic heterocycles. The van der Waals surface area contributed by atoms with Gasteiger partial charge in [0.25, 0.3) is 5.91 Å². The summed E-state index contributed by atoms with van der Waals surface area (Å²) in [6, 6.07) is 13.0. The molecule has 0 fully saturated rings. The van der Waals surface area contributed by atoms with Crippen LogP contribution in [0.15, 0.2) is 53.9 Å². The number of aliphatic hydroxyl groups excluding tert-OH is 1. The molecule has 2 aromatic carbocycles. The van der Waals surface area contributed by atoms with E-state index in [1.165, 1.54) is 12.1 Å². The summed E-state index contributed by atoms with van der Waals surface area (Å²) in [5.74, 6) is -1.53. The van der Waals surface area contributed by atoms with Crippen LogP contribution in [0.1, 0.15) is 58.1 Å². The van der Waals surface area contributed by atoms with Crippen molar-refractivity contribution in [1.82, 2.24) is 4.98 Å². The van der Waals surface area contributed by atoms with E-state index in [2.05, 4.69) is 24.1 Å². The van der Waals surface area contributed by atoms with Crippen molar-refractivity contribution in [3.63, 3.8) is 0 Å². The van der Waals surface area contributed by atoms with Crippen molar-refractivity contribution in [2.24, 2.45) is 0 Å². The van der Waals surface area contributed by atoms with E-state index in [9.17, 15) is 19.8 Å². The van der Waals surface area contributed by atoms with Crippen molar-refractivity contribution in [2.75, 3.05) is 5.32 Å². The Hall–Kier alpha value is -3.29. The van der Waals surface area contributed by atoms with Crippen LogP contribution < -0.4 is 5.32 Å². The molecule has 7 heteroatoms. The Balaban J connectivity index is 1.72. The van der Waals surface area contributed by atoms with Gasteiger partial charge < -0.3 is 15.5 Å². The molecule has 0 aliphatic carbocycles. The summed E-state index contributed by atoms with van der Waals surface area (Å²) in [5, 5.41) is 25.2. The molecule has 1 aromatic heterocycles. The first-order chi connectivity index (χ1) is 14.3. The first-order valence-electron chi connectivity index (χ1n) is 9.40. The Morgan fingerprint density at radius 2 is 1.87 bits per heavy atom. The summed E-state index contributed by atoms with van der Waals surface area (Å²) in [6.45, 7) is 4.19. The van der Waals surface area contributed by atoms with Crippen LogP contribution in [0.5, 0.6) is 0 Å². The largest absolute Gasteiger partial charge is 0.478 e. The number of carbonyl (C=O) groups excluding carboxylic acids is 1. The molecule has 0 saturated heterocycles. The lowest BCUT2D eigenvalue weighted by Crippen LogP contribution is -2.22. The molecule has 3 N–H and O–H groups in total. The van der Waals surface area contributed by atoms with E-state index in [-0.39, 0.29) is 11.1 Å². The second kappa shape index (κ2) is 9.47. The van der Waals surface area contributed by atoms with Crippen LogP contribution in [-0.2, 0) is 4.79 Å². The van der Waals surface area contributed by atoms with E-state index < -0.39 is 18.0 Å². The Morgan fingerprint density at radius 3 is 2.57 bits per heavy atom. The highest BCUT2D eigenvalue weighted by molar-refractivity contribution is 7.10. The molecule has 1 amide bonds. The van der Waals surface area contributed by atoms with Gasteiger partial charge in [0.2, 0.25) is 0 Å². The average Bonchev–Trinajstić information content (AvgIpc) is 3.21. The number of benzene rings is 2. The molecule has 0 bridgehead atoms. The molecular weight excluding hydrogens is 400 g/mol. The monoisotopic (exact) mass is 422 g/mol. The molecule has 1 unspecified atom stereocenters. The fourth-order valence-electron chi connectivity index (χ4n) is 2.81. The predicted molar refractivity (Wildman–Crippen MR) is 119 cm³/mol. The number of amides is 1. The van der Waals surface area contributed by atoms with Gasteiger partial charge in [0.15, 0.2) is 6.10 Å². The van der Waals surface area contributed by atoms with E-state index in [1.54, 1.807) is 41.7 Å². The van der Waals surface area contributed by atoms with E-state index in [4.69, 9.17) is 0 Å². The number of aromatic carboxylic acids is 1. The van der Waals surface area contributed by atoms with Gasteiger partial charge in [-0.15, -0.1) is 11.3 Å². The molecule has 0 saturated carbocycles. The summed E-state index contributed by atoms with van der Waals surface area (Å²) in [4.78, 5) is 28.3. The van der Waals surface area contributed by atoms with Gasteiger partial charge in [-0.3, -0.25) is 4.79 Å². The van der Waals surface area contributed by atoms with Crippen LogP contribution in [0.4, 0.5) is 5.69 Å². The number of aromatic nitrogens is 1. The van der Waals surface area contributed by atoms with Crippen molar-refractivity contribution in [2.45, 2.75) is 25.9 Å². The molecule has 3 rings (SSSR count). The summed E-state index contributed by atoms with van der Waals surface area (Å²) in [7, 11) is 0. The van der Waals surface area contributed by atoms with E-state index >= 15 is 0 Å². The van der Waals surface area contributed by atoms with E-state index in [1.807, 2.05) is 23.6 Å². The number of aliphatic hydroxyl groups is 1. The number of carboxylic acids is 1. The van der Waals surface area contributed by atoms with Crippen molar-refractivity contribution in [3.05, 3.63) is 81.3 Å². The molecule has 3 aromatic rings. The second-order valence-corrected chi connectivity index (χ2v) is 7.90. The quantitative estimate of drug-likeness (QED) is 0.508. The fourth-order valence-corrected chi connectivity index (χ4v) is 3.68. The number of nitrogens with zero attached hydrogens (tertiary/aromatic N) is 1. The van der Waals surface area contributed by atoms with Gasteiger partial charge in [-0.25, -0.2) is 9.78 Å². The topological polar surface area (TPSA) is 99.5 Å². The van der Waals surface area contributed by atoms with Crippen molar-refractivity contribution < 1.29 is 19.8 Å². The third-order valence-corrected chi connectivity index (χ3v) is 5.27. The van der Waals surface area contributed by atoms with E-state index in [0.29, 0.717) is 11.6 Å². The lowest BCUT2D eigenvalue weighted by Gasteiger charge is -2.14. The minimum absolute atomic E-state index is 0.0447. The smallest absolute Gasteiger partial charge is 0.336 e. The van der Waals surface area contributed by atoms with Gasteiger partial charge in [0.1, 0.15) is 5.01 Å². The Kier molecular flexibility index (Phi) is 6.76. The summed E-state index contributed by atoms with van der Waals surface area (Å²) in [5.41, 5.74) is 2.34. The molecule has 154 valence electrons. The predicted octanol–water partition coefficient (Wildman–Crippen LogP) is 4.81. The van der Waals surface area contributed by atoms with Gasteiger partial charge >= 0.3 is 5.97 Å². The van der Waals surface area contributed by atoms with Crippen LogP contribution >= 0.6 is 11.3 Å². The standard InChI is InChI=1S/C23H22N2O4S/c1-14(2)19-13-30-20(25-19)11-10-15-6-5-7-16(12-15)24-22(27)21(26)17-8-3-4-9-18(17)23(28)29/h3-14,21,26H,1-2H3,(H,24,27)(H,28,29)/b11-10+. The number of anilines is 1. The summed E-state index contributed by atoms with van der Waals surface area (Å²) < 4.78 is 0. The number of hydrogen-bond donors (Lipinski definition) is 3. The minimum atomic E-state index is -1.60. The lowest BCUT2D eigenvalue weighted by atomic mass is 10.0. The Labute approximate surface area is 178 Å². The summed E-state index contributed by atoms with van der Waals surface area (Å²) in [6.07, 6.45) is 2.21. The number of thiazole rings is 1. The Bertz CT molecular complexity index is 1090. The van der Waals surface area contributed by atoms with Crippen LogP contribution in [0.25, 0.3) is 12.2 Å². The van der Waals surface area contributed by atoms with Gasteiger partial charge in [-0.1, -0.05) is 50.3 Å². The minimum Gasteiger partial charge on any atom is -0.478 e. The lowest BCUT2D eigenvalue weighted by molar-refractivity contribution is -0.124. The number of carboxylic acid groups (broad SMARTS) is 1. The second-order valence-electron chi connectivity index (χ2n) is 7.01. The maximum atomic E-state index is 12.5. The van der Waals surface area contributed by atoms with Crippen LogP contribution in [0.2, 0.25) is 0 Å². The maximum Gasteiger partial charge on any atom is 0.336 e. The average molecular weight is 423 g/mol. The van der Waals surface area contributed by atoms with E-state index in [0.717, 1.165) is 16.3 Å². The SMILES string of the molecule is CC(C)c1csc(/C=C/c2cccc(NC(=O)C(O)c3ccccc3C(=O)O)c2)n1. The zero-order valence-electron chi connectivity index (χ0n) is 16.6. The molecule has 1 heterocycles. The van der Waals surface area contributed by atoms with Gasteiger partial charge in [0, 0.05) is 16.6 Å². The maximum absolute atomic E-state index is 12.5. The van der Waals surface area contributed by atoms with Crippen molar-refractivity contribution in [1.29, 1.82) is 0 Å². The van der Waals surface area contributed by atoms with Crippen molar-refractivity contribution >= 4 is 41.1 Å².